The van der Waals surface area contributed by atoms with Gasteiger partial charge in [0.15, 0.2) is 11.6 Å². The van der Waals surface area contributed by atoms with Gasteiger partial charge in [-0.1, -0.05) is 0 Å². The van der Waals surface area contributed by atoms with Crippen LogP contribution in [0.25, 0.3) is 0 Å². The summed E-state index contributed by atoms with van der Waals surface area (Å²) < 4.78 is 50.8. The Balaban J connectivity index is 1.81. The van der Waals surface area contributed by atoms with E-state index in [1.165, 1.54) is 4.90 Å². The topological polar surface area (TPSA) is 54.7 Å². The van der Waals surface area contributed by atoms with Crippen molar-refractivity contribution in [3.8, 4) is 0 Å². The lowest BCUT2D eigenvalue weighted by molar-refractivity contribution is 0.00708. The summed E-state index contributed by atoms with van der Waals surface area (Å²) in [5, 5.41) is 2.26. The van der Waals surface area contributed by atoms with Gasteiger partial charge in [-0.25, -0.2) is 18.0 Å². The molecule has 8 heteroatoms. The number of morpholine rings is 1. The van der Waals surface area contributed by atoms with Crippen molar-refractivity contribution in [1.82, 2.24) is 4.90 Å². The summed E-state index contributed by atoms with van der Waals surface area (Å²) in [6.07, 6.45) is 0. The Hall–Kier alpha value is -2.48. The van der Waals surface area contributed by atoms with Crippen LogP contribution in [-0.4, -0.2) is 30.7 Å². The molecule has 2 heterocycles. The van der Waals surface area contributed by atoms with Gasteiger partial charge in [-0.15, -0.1) is 0 Å². The number of urea groups is 1. The molecule has 5 nitrogen and oxygen atoms in total. The van der Waals surface area contributed by atoms with Gasteiger partial charge in [-0.3, -0.25) is 0 Å². The summed E-state index contributed by atoms with van der Waals surface area (Å²) in [5.74, 6) is -2.40. The molecule has 0 bridgehead atoms. The van der Waals surface area contributed by atoms with Crippen molar-refractivity contribution in [2.24, 2.45) is 0 Å². The van der Waals surface area contributed by atoms with E-state index in [4.69, 9.17) is 9.15 Å². The van der Waals surface area contributed by atoms with Crippen LogP contribution in [0, 0.1) is 24.4 Å². The number of carbonyl (C=O) groups excluding carboxylic acids is 1. The first-order valence-corrected chi connectivity index (χ1v) is 7.32. The van der Waals surface area contributed by atoms with Crippen LogP contribution in [0.1, 0.15) is 17.6 Å². The first-order chi connectivity index (χ1) is 11.5. The number of aryl methyl sites for hydroxylation is 1. The summed E-state index contributed by atoms with van der Waals surface area (Å²) >= 11 is 0. The highest BCUT2D eigenvalue weighted by molar-refractivity contribution is 5.89. The summed E-state index contributed by atoms with van der Waals surface area (Å²) in [7, 11) is 0. The molecule has 1 aromatic carbocycles. The lowest BCUT2D eigenvalue weighted by Gasteiger charge is -2.34. The molecule has 1 aromatic heterocycles. The fourth-order valence-electron chi connectivity index (χ4n) is 2.52. The highest BCUT2D eigenvalue weighted by Gasteiger charge is 2.31. The number of benzene rings is 1. The van der Waals surface area contributed by atoms with Crippen LogP contribution in [-0.2, 0) is 4.74 Å². The molecule has 1 saturated heterocycles. The second kappa shape index (κ2) is 6.56. The van der Waals surface area contributed by atoms with Gasteiger partial charge in [0.2, 0.25) is 0 Å². The van der Waals surface area contributed by atoms with Crippen LogP contribution in [0.15, 0.2) is 28.7 Å². The summed E-state index contributed by atoms with van der Waals surface area (Å²) in [6.45, 7) is 2.56. The van der Waals surface area contributed by atoms with Gasteiger partial charge in [-0.05, 0) is 19.1 Å². The number of anilines is 1. The van der Waals surface area contributed by atoms with Gasteiger partial charge < -0.3 is 19.4 Å². The minimum atomic E-state index is -1.32. The summed E-state index contributed by atoms with van der Waals surface area (Å²) in [5.41, 5.74) is -0.431. The molecule has 1 aliphatic rings. The number of amides is 2. The number of hydrogen-bond donors (Lipinski definition) is 1. The highest BCUT2D eigenvalue weighted by atomic mass is 19.2. The third kappa shape index (κ3) is 3.23. The molecular formula is C16H15F3N2O3. The third-order valence-corrected chi connectivity index (χ3v) is 3.73. The number of halogens is 3. The number of carbonyl (C=O) groups is 1. The molecule has 0 saturated carbocycles. The van der Waals surface area contributed by atoms with E-state index >= 15 is 0 Å². The van der Waals surface area contributed by atoms with E-state index in [9.17, 15) is 18.0 Å². The predicted molar refractivity (Wildman–Crippen MR) is 79.0 cm³/mol. The largest absolute Gasteiger partial charge is 0.464 e. The molecule has 2 aromatic rings. The van der Waals surface area contributed by atoms with Gasteiger partial charge in [0.05, 0.1) is 18.9 Å². The van der Waals surface area contributed by atoms with E-state index in [1.54, 1.807) is 19.1 Å². The molecule has 1 atom stereocenters. The molecule has 2 amide bonds. The molecule has 1 fully saturated rings. The molecule has 0 unspecified atom stereocenters. The van der Waals surface area contributed by atoms with E-state index in [0.29, 0.717) is 30.3 Å². The zero-order valence-electron chi connectivity index (χ0n) is 12.8. The van der Waals surface area contributed by atoms with Gasteiger partial charge in [0, 0.05) is 18.7 Å². The van der Waals surface area contributed by atoms with Crippen molar-refractivity contribution < 1.29 is 27.1 Å². The van der Waals surface area contributed by atoms with Gasteiger partial charge in [-0.2, -0.15) is 0 Å². The Morgan fingerprint density at radius 2 is 1.96 bits per heavy atom. The number of ether oxygens (including phenoxy) is 1. The van der Waals surface area contributed by atoms with Crippen LogP contribution >= 0.6 is 0 Å². The fourth-order valence-corrected chi connectivity index (χ4v) is 2.52. The molecular weight excluding hydrogens is 325 g/mol. The number of furan rings is 1. The van der Waals surface area contributed by atoms with E-state index < -0.39 is 35.2 Å². The Labute approximate surface area is 136 Å². The van der Waals surface area contributed by atoms with Crippen molar-refractivity contribution in [1.29, 1.82) is 0 Å². The predicted octanol–water partition coefficient (Wildman–Crippen LogP) is 3.61. The number of rotatable bonds is 2. The molecule has 0 radical (unpaired) electrons. The summed E-state index contributed by atoms with van der Waals surface area (Å²) in [6, 6.07) is 3.34. The smallest absolute Gasteiger partial charge is 0.322 e. The monoisotopic (exact) mass is 340 g/mol. The van der Waals surface area contributed by atoms with E-state index in [1.807, 2.05) is 0 Å². The normalized spacial score (nSPS) is 17.8. The molecule has 1 N–H and O–H groups in total. The first-order valence-electron chi connectivity index (χ1n) is 7.32. The minimum absolute atomic E-state index is 0.223. The molecule has 24 heavy (non-hydrogen) atoms. The highest BCUT2D eigenvalue weighted by Crippen LogP contribution is 2.27. The fraction of sp³-hybridized carbons (Fsp3) is 0.312. The molecule has 0 aliphatic carbocycles. The maximum absolute atomic E-state index is 13.7. The van der Waals surface area contributed by atoms with E-state index in [0.717, 1.165) is 0 Å². The Morgan fingerprint density at radius 1 is 1.21 bits per heavy atom. The Bertz CT molecular complexity index is 763. The van der Waals surface area contributed by atoms with Crippen LogP contribution in [0.2, 0.25) is 0 Å². The number of nitrogens with zero attached hydrogens (tertiary/aromatic N) is 1. The van der Waals surface area contributed by atoms with Crippen molar-refractivity contribution in [3.63, 3.8) is 0 Å². The Kier molecular flexibility index (Phi) is 4.48. The average molecular weight is 340 g/mol. The van der Waals surface area contributed by atoms with Crippen molar-refractivity contribution in [2.75, 3.05) is 25.1 Å². The number of hydrogen-bond acceptors (Lipinski definition) is 3. The summed E-state index contributed by atoms with van der Waals surface area (Å²) in [4.78, 5) is 13.8. The zero-order chi connectivity index (χ0) is 17.3. The van der Waals surface area contributed by atoms with Gasteiger partial charge in [0.25, 0.3) is 0 Å². The van der Waals surface area contributed by atoms with Crippen LogP contribution in [0.5, 0.6) is 0 Å². The van der Waals surface area contributed by atoms with Crippen LogP contribution in [0.4, 0.5) is 23.7 Å². The molecule has 1 aliphatic heterocycles. The second-order valence-corrected chi connectivity index (χ2v) is 5.41. The zero-order valence-corrected chi connectivity index (χ0v) is 12.8. The van der Waals surface area contributed by atoms with Crippen molar-refractivity contribution >= 4 is 11.7 Å². The minimum Gasteiger partial charge on any atom is -0.464 e. The van der Waals surface area contributed by atoms with Gasteiger partial charge in [0.1, 0.15) is 23.4 Å². The second-order valence-electron chi connectivity index (χ2n) is 5.41. The van der Waals surface area contributed by atoms with Gasteiger partial charge >= 0.3 is 6.03 Å². The maximum atomic E-state index is 13.7. The quantitative estimate of drug-likeness (QED) is 0.850. The van der Waals surface area contributed by atoms with Crippen LogP contribution < -0.4 is 5.32 Å². The average Bonchev–Trinajstić information content (AvgIpc) is 2.99. The Morgan fingerprint density at radius 3 is 2.67 bits per heavy atom. The maximum Gasteiger partial charge on any atom is 0.322 e. The SMILES string of the molecule is Cc1ccc([C@@H]2COCCN2C(=O)Nc2cc(F)c(F)cc2F)o1. The first kappa shape index (κ1) is 16.4. The third-order valence-electron chi connectivity index (χ3n) is 3.73. The van der Waals surface area contributed by atoms with E-state index in [-0.39, 0.29) is 13.2 Å². The van der Waals surface area contributed by atoms with Crippen molar-refractivity contribution in [2.45, 2.75) is 13.0 Å². The van der Waals surface area contributed by atoms with Crippen LogP contribution in [0.3, 0.4) is 0 Å². The molecule has 3 rings (SSSR count). The molecule has 0 spiro atoms. The lowest BCUT2D eigenvalue weighted by atomic mass is 10.2. The molecule has 128 valence electrons. The number of nitrogens with one attached hydrogen (secondary N) is 1. The van der Waals surface area contributed by atoms with E-state index in [2.05, 4.69) is 5.32 Å². The van der Waals surface area contributed by atoms with Crippen molar-refractivity contribution in [3.05, 3.63) is 53.2 Å². The lowest BCUT2D eigenvalue weighted by Crippen LogP contribution is -2.45. The standard InChI is InChI=1S/C16H15F3N2O3/c1-9-2-3-15(24-9)14-8-23-5-4-21(14)16(22)20-13-7-11(18)10(17)6-12(13)19/h2-3,6-7,14H,4-5,8H2,1H3,(H,20,22)/t14-/m0/s1.